The average molecular weight is 311 g/mol. The van der Waals surface area contributed by atoms with Crippen molar-refractivity contribution in [2.24, 2.45) is 0 Å². The number of hydrogen-bond donors (Lipinski definition) is 1. The first-order valence-electron chi connectivity index (χ1n) is 6.95. The fourth-order valence-electron chi connectivity index (χ4n) is 2.41. The van der Waals surface area contributed by atoms with Gasteiger partial charge in [0.25, 0.3) is 11.8 Å². The standard InChI is InChI=1S/C13H17N3O4S/c1-2-3-5-15-19-6-4-9(20-15)16-12(17)8-7-21-11(14)10(8)13(16)18/h7,9H,2-6,14H2,1H3. The molecule has 7 nitrogen and oxygen atoms in total. The summed E-state index contributed by atoms with van der Waals surface area (Å²) in [4.78, 5) is 36.9. The molecule has 0 saturated carbocycles. The van der Waals surface area contributed by atoms with Crippen molar-refractivity contribution in [2.75, 3.05) is 18.9 Å². The number of hydroxylamine groups is 2. The molecule has 0 aliphatic carbocycles. The number of nitrogens with two attached hydrogens (primary N) is 1. The van der Waals surface area contributed by atoms with Crippen molar-refractivity contribution in [2.45, 2.75) is 32.4 Å². The van der Waals surface area contributed by atoms with Gasteiger partial charge in [-0.25, -0.2) is 9.74 Å². The van der Waals surface area contributed by atoms with Crippen molar-refractivity contribution in [3.05, 3.63) is 16.5 Å². The van der Waals surface area contributed by atoms with Crippen LogP contribution in [0.2, 0.25) is 0 Å². The van der Waals surface area contributed by atoms with E-state index < -0.39 is 6.23 Å². The molecule has 1 unspecified atom stereocenters. The third-order valence-electron chi connectivity index (χ3n) is 3.52. The number of fused-ring (bicyclic) bond motifs is 1. The van der Waals surface area contributed by atoms with Crippen LogP contribution in [-0.2, 0) is 9.68 Å². The van der Waals surface area contributed by atoms with Crippen LogP contribution in [0.3, 0.4) is 0 Å². The molecule has 1 aromatic rings. The average Bonchev–Trinajstić information content (AvgIpc) is 2.98. The van der Waals surface area contributed by atoms with Crippen LogP contribution >= 0.6 is 11.3 Å². The number of carbonyl (C=O) groups excluding carboxylic acids is 2. The number of nitrogens with zero attached hydrogens (tertiary/aromatic N) is 2. The third-order valence-corrected chi connectivity index (χ3v) is 4.33. The second kappa shape index (κ2) is 5.72. The number of thiophene rings is 1. The van der Waals surface area contributed by atoms with Crippen LogP contribution in [-0.4, -0.2) is 41.3 Å². The Morgan fingerprint density at radius 1 is 1.43 bits per heavy atom. The number of imide groups is 1. The Morgan fingerprint density at radius 3 is 2.95 bits per heavy atom. The summed E-state index contributed by atoms with van der Waals surface area (Å²) in [6.07, 6.45) is 1.73. The van der Waals surface area contributed by atoms with Crippen molar-refractivity contribution in [3.8, 4) is 0 Å². The van der Waals surface area contributed by atoms with E-state index in [4.69, 9.17) is 15.4 Å². The second-order valence-electron chi connectivity index (χ2n) is 4.96. The Balaban J connectivity index is 1.76. The molecule has 21 heavy (non-hydrogen) atoms. The molecule has 2 N–H and O–H groups in total. The van der Waals surface area contributed by atoms with Gasteiger partial charge in [-0.15, -0.1) is 11.3 Å². The largest absolute Gasteiger partial charge is 0.390 e. The maximum atomic E-state index is 12.4. The lowest BCUT2D eigenvalue weighted by atomic mass is 10.2. The van der Waals surface area contributed by atoms with E-state index in [-0.39, 0.29) is 11.8 Å². The fraction of sp³-hybridized carbons (Fsp3) is 0.538. The van der Waals surface area contributed by atoms with Crippen LogP contribution in [0.1, 0.15) is 46.9 Å². The predicted octanol–water partition coefficient (Wildman–Crippen LogP) is 1.62. The summed E-state index contributed by atoms with van der Waals surface area (Å²) in [5, 5.41) is 3.37. The molecule has 1 fully saturated rings. The highest BCUT2D eigenvalue weighted by Gasteiger charge is 2.44. The van der Waals surface area contributed by atoms with Gasteiger partial charge in [0, 0.05) is 11.8 Å². The molecule has 8 heteroatoms. The van der Waals surface area contributed by atoms with E-state index in [1.807, 2.05) is 0 Å². The van der Waals surface area contributed by atoms with Crippen LogP contribution in [0.4, 0.5) is 5.00 Å². The zero-order valence-corrected chi connectivity index (χ0v) is 12.5. The highest BCUT2D eigenvalue weighted by atomic mass is 32.1. The van der Waals surface area contributed by atoms with Crippen molar-refractivity contribution in [1.29, 1.82) is 0 Å². The predicted molar refractivity (Wildman–Crippen MR) is 76.3 cm³/mol. The van der Waals surface area contributed by atoms with E-state index >= 15 is 0 Å². The molecular formula is C13H17N3O4S. The smallest absolute Gasteiger partial charge is 0.266 e. The summed E-state index contributed by atoms with van der Waals surface area (Å²) in [5.41, 5.74) is 6.45. The highest BCUT2D eigenvalue weighted by molar-refractivity contribution is 7.14. The number of anilines is 1. The highest BCUT2D eigenvalue weighted by Crippen LogP contribution is 2.35. The second-order valence-corrected chi connectivity index (χ2v) is 5.87. The Labute approximate surface area is 126 Å². The number of hydrogen-bond acceptors (Lipinski definition) is 7. The molecule has 3 heterocycles. The van der Waals surface area contributed by atoms with Crippen molar-refractivity contribution in [3.63, 3.8) is 0 Å². The lowest BCUT2D eigenvalue weighted by molar-refractivity contribution is -0.424. The summed E-state index contributed by atoms with van der Waals surface area (Å²) in [6, 6.07) is 0. The summed E-state index contributed by atoms with van der Waals surface area (Å²) < 4.78 is 0. The van der Waals surface area contributed by atoms with Gasteiger partial charge >= 0.3 is 0 Å². The van der Waals surface area contributed by atoms with Gasteiger partial charge < -0.3 is 5.73 Å². The van der Waals surface area contributed by atoms with Gasteiger partial charge in [-0.3, -0.25) is 14.4 Å². The quantitative estimate of drug-likeness (QED) is 0.851. The molecule has 0 spiro atoms. The molecule has 3 rings (SSSR count). The number of nitrogen functional groups attached to an aromatic ring is 1. The van der Waals surface area contributed by atoms with Crippen LogP contribution < -0.4 is 5.73 Å². The molecule has 2 aliphatic heterocycles. The maximum absolute atomic E-state index is 12.4. The Hall–Kier alpha value is -1.48. The lowest BCUT2D eigenvalue weighted by Gasteiger charge is -2.35. The zero-order valence-electron chi connectivity index (χ0n) is 11.7. The molecule has 0 radical (unpaired) electrons. The van der Waals surface area contributed by atoms with Crippen LogP contribution in [0.5, 0.6) is 0 Å². The van der Waals surface area contributed by atoms with E-state index in [2.05, 4.69) is 6.92 Å². The Bertz CT molecular complexity index is 574. The Morgan fingerprint density at radius 2 is 2.24 bits per heavy atom. The van der Waals surface area contributed by atoms with Crippen molar-refractivity contribution >= 4 is 28.2 Å². The molecule has 0 bridgehead atoms. The molecule has 2 amide bonds. The third kappa shape index (κ3) is 2.44. The van der Waals surface area contributed by atoms with Crippen LogP contribution in [0, 0.1) is 0 Å². The topological polar surface area (TPSA) is 85.1 Å². The maximum Gasteiger partial charge on any atom is 0.266 e. The zero-order chi connectivity index (χ0) is 15.0. The van der Waals surface area contributed by atoms with Gasteiger partial charge in [0.15, 0.2) is 6.23 Å². The number of rotatable bonds is 4. The first kappa shape index (κ1) is 14.5. The van der Waals surface area contributed by atoms with E-state index in [9.17, 15) is 9.59 Å². The van der Waals surface area contributed by atoms with Gasteiger partial charge in [0.1, 0.15) is 0 Å². The Kier molecular flexibility index (Phi) is 3.94. The molecule has 1 aromatic heterocycles. The minimum Gasteiger partial charge on any atom is -0.390 e. The van der Waals surface area contributed by atoms with Crippen LogP contribution in [0.15, 0.2) is 5.38 Å². The van der Waals surface area contributed by atoms with E-state index in [1.54, 1.807) is 5.38 Å². The lowest BCUT2D eigenvalue weighted by Crippen LogP contribution is -2.49. The van der Waals surface area contributed by atoms with Crippen molar-refractivity contribution in [1.82, 2.24) is 10.1 Å². The normalized spacial score (nSPS) is 22.9. The number of unbranched alkanes of at least 4 members (excludes halogenated alkanes) is 1. The molecule has 1 atom stereocenters. The number of amides is 2. The summed E-state index contributed by atoms with van der Waals surface area (Å²) in [6.45, 7) is 3.08. The first-order chi connectivity index (χ1) is 10.1. The minimum absolute atomic E-state index is 0.306. The monoisotopic (exact) mass is 311 g/mol. The summed E-state index contributed by atoms with van der Waals surface area (Å²) in [7, 11) is 0. The fourth-order valence-corrected chi connectivity index (χ4v) is 3.19. The molecule has 2 aliphatic rings. The molecule has 114 valence electrons. The SMILES string of the molecule is CCCCN1OCCC(N2C(=O)c3csc(N)c3C2=O)O1. The number of carbonyl (C=O) groups is 2. The molecule has 1 saturated heterocycles. The van der Waals surface area contributed by atoms with Gasteiger partial charge in [0.05, 0.1) is 29.3 Å². The van der Waals surface area contributed by atoms with Crippen LogP contribution in [0.25, 0.3) is 0 Å². The molecular weight excluding hydrogens is 294 g/mol. The van der Waals surface area contributed by atoms with Gasteiger partial charge in [0.2, 0.25) is 0 Å². The van der Waals surface area contributed by atoms with E-state index in [0.717, 1.165) is 17.7 Å². The minimum atomic E-state index is -0.632. The molecule has 0 aromatic carbocycles. The first-order valence-corrected chi connectivity index (χ1v) is 7.83. The van der Waals surface area contributed by atoms with Crippen molar-refractivity contribution < 1.29 is 19.3 Å². The van der Waals surface area contributed by atoms with Gasteiger partial charge in [-0.05, 0) is 6.42 Å². The van der Waals surface area contributed by atoms with E-state index in [1.165, 1.54) is 16.6 Å². The van der Waals surface area contributed by atoms with E-state index in [0.29, 0.717) is 35.7 Å². The summed E-state index contributed by atoms with van der Waals surface area (Å²) in [5.74, 6) is -0.721. The van der Waals surface area contributed by atoms with Gasteiger partial charge in [-0.1, -0.05) is 18.6 Å². The van der Waals surface area contributed by atoms with Gasteiger partial charge in [-0.2, -0.15) is 0 Å². The summed E-state index contributed by atoms with van der Waals surface area (Å²) >= 11 is 1.21.